The molecule has 0 spiro atoms. The minimum absolute atomic E-state index is 0.0743. The molecule has 2 saturated carbocycles. The van der Waals surface area contributed by atoms with Gasteiger partial charge in [0.15, 0.2) is 0 Å². The maximum Gasteiger partial charge on any atom is 0.407 e. The van der Waals surface area contributed by atoms with E-state index in [9.17, 15) is 9.59 Å². The van der Waals surface area contributed by atoms with Gasteiger partial charge in [-0.3, -0.25) is 4.79 Å². The van der Waals surface area contributed by atoms with Crippen molar-refractivity contribution in [2.75, 3.05) is 13.7 Å². The van der Waals surface area contributed by atoms with Gasteiger partial charge < -0.3 is 24.9 Å². The molecule has 2 amide bonds. The predicted octanol–water partition coefficient (Wildman–Crippen LogP) is 7.08. The number of fused-ring (bicyclic) bond motifs is 2. The van der Waals surface area contributed by atoms with Crippen molar-refractivity contribution >= 4 is 12.0 Å². The predicted molar refractivity (Wildman–Crippen MR) is 173 cm³/mol. The van der Waals surface area contributed by atoms with Crippen molar-refractivity contribution in [2.45, 2.75) is 70.4 Å². The van der Waals surface area contributed by atoms with E-state index >= 15 is 0 Å². The van der Waals surface area contributed by atoms with Gasteiger partial charge in [-0.05, 0) is 72.1 Å². The molecule has 7 rings (SSSR count). The average Bonchev–Trinajstić information content (AvgIpc) is 3.91. The van der Waals surface area contributed by atoms with Gasteiger partial charge in [0.1, 0.15) is 17.7 Å². The van der Waals surface area contributed by atoms with Gasteiger partial charge in [0.05, 0.1) is 36.9 Å². The summed E-state index contributed by atoms with van der Waals surface area (Å²) in [7, 11) is 1.30. The lowest BCUT2D eigenvalue weighted by atomic mass is 9.88. The zero-order valence-corrected chi connectivity index (χ0v) is 26.3. The van der Waals surface area contributed by atoms with Crippen LogP contribution >= 0.6 is 0 Å². The van der Waals surface area contributed by atoms with E-state index in [1.165, 1.54) is 38.6 Å². The van der Waals surface area contributed by atoms with Crippen molar-refractivity contribution in [2.24, 2.45) is 17.8 Å². The molecule has 4 aromatic rings. The van der Waals surface area contributed by atoms with Crippen LogP contribution in [0, 0.1) is 17.8 Å². The fourth-order valence-corrected chi connectivity index (χ4v) is 7.78. The van der Waals surface area contributed by atoms with Crippen molar-refractivity contribution in [3.05, 3.63) is 72.6 Å². The fourth-order valence-electron chi connectivity index (χ4n) is 7.78. The Morgan fingerprint density at radius 1 is 0.844 bits per heavy atom. The Bertz CT molecular complexity index is 1660. The van der Waals surface area contributed by atoms with Crippen molar-refractivity contribution in [1.29, 1.82) is 0 Å². The van der Waals surface area contributed by atoms with Crippen molar-refractivity contribution in [3.8, 4) is 33.6 Å². The molecule has 3 fully saturated rings. The molecular weight excluding hydrogens is 564 g/mol. The molecule has 3 heterocycles. The minimum atomic E-state index is -0.655. The Morgan fingerprint density at radius 3 is 2.00 bits per heavy atom. The second-order valence-corrected chi connectivity index (χ2v) is 13.3. The lowest BCUT2D eigenvalue weighted by Crippen LogP contribution is -2.51. The number of likely N-dealkylation sites (tertiary alicyclic amines) is 1. The molecule has 5 unspecified atom stereocenters. The number of ether oxygens (including phenoxy) is 1. The Hall–Kier alpha value is -4.40. The first kappa shape index (κ1) is 29.3. The third-order valence-electron chi connectivity index (χ3n) is 10.2. The first-order valence-electron chi connectivity index (χ1n) is 16.3. The van der Waals surface area contributed by atoms with Gasteiger partial charge in [-0.2, -0.15) is 0 Å². The zero-order chi connectivity index (χ0) is 31.1. The highest BCUT2D eigenvalue weighted by Crippen LogP contribution is 2.52. The van der Waals surface area contributed by atoms with E-state index in [0.717, 1.165) is 64.1 Å². The number of aromatic nitrogens is 4. The van der Waals surface area contributed by atoms with Crippen LogP contribution in [0.25, 0.3) is 33.6 Å². The molecule has 1 aliphatic heterocycles. The minimum Gasteiger partial charge on any atom is -0.453 e. The van der Waals surface area contributed by atoms with E-state index in [4.69, 9.17) is 9.72 Å². The smallest absolute Gasteiger partial charge is 0.407 e. The summed E-state index contributed by atoms with van der Waals surface area (Å²) in [5.74, 6) is 4.07. The van der Waals surface area contributed by atoms with E-state index in [2.05, 4.69) is 68.8 Å². The van der Waals surface area contributed by atoms with Crippen molar-refractivity contribution < 1.29 is 14.3 Å². The van der Waals surface area contributed by atoms with E-state index in [1.807, 2.05) is 31.1 Å². The molecule has 3 aliphatic rings. The summed E-state index contributed by atoms with van der Waals surface area (Å²) in [5, 5.41) is 2.70. The first-order chi connectivity index (χ1) is 21.9. The number of alkyl carbamates (subject to hydrolysis) is 1. The molecule has 0 radical (unpaired) electrons. The SMILES string of the molecule is COC(=O)NC(C(=O)N1CCCC1c1ncc(-c2ccc(-c3ccc(-c4cnc(C5CC6CCC5C6)[nH]4)cc3)cc2)[nH]1)C(C)C. The number of imidazole rings is 2. The number of carbonyl (C=O) groups is 2. The number of hydrogen-bond acceptors (Lipinski definition) is 5. The van der Waals surface area contributed by atoms with Gasteiger partial charge in [0.2, 0.25) is 5.91 Å². The number of methoxy groups -OCH3 is 1. The van der Waals surface area contributed by atoms with Crippen LogP contribution in [0.2, 0.25) is 0 Å². The average molecular weight is 607 g/mol. The van der Waals surface area contributed by atoms with E-state index in [1.54, 1.807) is 0 Å². The number of nitrogens with one attached hydrogen (secondary N) is 3. The van der Waals surface area contributed by atoms with Gasteiger partial charge in [-0.15, -0.1) is 0 Å². The lowest BCUT2D eigenvalue weighted by molar-refractivity contribution is -0.135. The highest BCUT2D eigenvalue weighted by molar-refractivity contribution is 5.86. The Labute approximate surface area is 264 Å². The molecule has 45 heavy (non-hydrogen) atoms. The van der Waals surface area contributed by atoms with Gasteiger partial charge in [-0.25, -0.2) is 14.8 Å². The summed E-state index contributed by atoms with van der Waals surface area (Å²) >= 11 is 0. The van der Waals surface area contributed by atoms with Gasteiger partial charge >= 0.3 is 6.09 Å². The Balaban J connectivity index is 1.02. The molecule has 2 aromatic carbocycles. The van der Waals surface area contributed by atoms with Crippen molar-refractivity contribution in [3.63, 3.8) is 0 Å². The number of benzene rings is 2. The van der Waals surface area contributed by atoms with Gasteiger partial charge in [0.25, 0.3) is 0 Å². The zero-order valence-electron chi connectivity index (χ0n) is 26.3. The topological polar surface area (TPSA) is 116 Å². The number of carbonyl (C=O) groups excluding carboxylic acids is 2. The fraction of sp³-hybridized carbons (Fsp3) is 0.444. The highest BCUT2D eigenvalue weighted by Gasteiger charge is 2.41. The third-order valence-corrected chi connectivity index (χ3v) is 10.2. The molecule has 9 nitrogen and oxygen atoms in total. The number of hydrogen-bond donors (Lipinski definition) is 3. The number of aromatic amines is 2. The first-order valence-corrected chi connectivity index (χ1v) is 16.3. The number of H-pyrrole nitrogens is 2. The summed E-state index contributed by atoms with van der Waals surface area (Å²) in [6, 6.07) is 16.3. The van der Waals surface area contributed by atoms with E-state index in [-0.39, 0.29) is 17.9 Å². The third kappa shape index (κ3) is 5.76. The Morgan fingerprint density at radius 2 is 1.44 bits per heavy atom. The molecule has 2 aromatic heterocycles. The molecule has 2 bridgehead atoms. The molecule has 3 N–H and O–H groups in total. The second kappa shape index (κ2) is 12.2. The van der Waals surface area contributed by atoms with E-state index in [0.29, 0.717) is 12.5 Å². The molecular formula is C36H42N6O3. The summed E-state index contributed by atoms with van der Waals surface area (Å²) in [6.07, 6.45) is 10.4. The molecule has 9 heteroatoms. The second-order valence-electron chi connectivity index (χ2n) is 13.3. The van der Waals surface area contributed by atoms with Crippen LogP contribution in [0.3, 0.4) is 0 Å². The van der Waals surface area contributed by atoms with Crippen LogP contribution in [0.15, 0.2) is 60.9 Å². The highest BCUT2D eigenvalue weighted by atomic mass is 16.5. The summed E-state index contributed by atoms with van der Waals surface area (Å²) < 4.78 is 4.75. The van der Waals surface area contributed by atoms with Crippen LogP contribution in [0.1, 0.15) is 76.0 Å². The summed E-state index contributed by atoms with van der Waals surface area (Å²) in [6.45, 7) is 4.46. The van der Waals surface area contributed by atoms with Crippen molar-refractivity contribution in [1.82, 2.24) is 30.2 Å². The summed E-state index contributed by atoms with van der Waals surface area (Å²) in [5.41, 5.74) is 6.48. The monoisotopic (exact) mass is 606 g/mol. The van der Waals surface area contributed by atoms with E-state index < -0.39 is 12.1 Å². The van der Waals surface area contributed by atoms with Crippen LogP contribution in [-0.4, -0.2) is 56.5 Å². The van der Waals surface area contributed by atoms with Crippen LogP contribution in [-0.2, 0) is 9.53 Å². The molecule has 5 atom stereocenters. The van der Waals surface area contributed by atoms with Crippen LogP contribution in [0.5, 0.6) is 0 Å². The largest absolute Gasteiger partial charge is 0.453 e. The standard InChI is InChI=1S/C36H42N6O3/c1-21(2)32(41-36(44)45-3)35(43)42-16-4-5-31(42)34-38-20-30(40-34)26-14-10-24(11-15-26)23-8-12-25(13-9-23)29-19-37-33(39-29)28-18-22-6-7-27(28)17-22/h8-15,19-22,27-28,31-32H,4-7,16-18H2,1-3H3,(H,37,39)(H,38,40)(H,41,44). The van der Waals surface area contributed by atoms with Gasteiger partial charge in [0, 0.05) is 12.5 Å². The van der Waals surface area contributed by atoms with Crippen LogP contribution in [0.4, 0.5) is 4.79 Å². The normalized spacial score (nSPS) is 23.1. The Kier molecular flexibility index (Phi) is 7.94. The quantitative estimate of drug-likeness (QED) is 0.198. The lowest BCUT2D eigenvalue weighted by Gasteiger charge is -2.30. The van der Waals surface area contributed by atoms with Gasteiger partial charge in [-0.1, -0.05) is 68.8 Å². The molecule has 1 saturated heterocycles. The summed E-state index contributed by atoms with van der Waals surface area (Å²) in [4.78, 5) is 43.7. The molecule has 234 valence electrons. The number of rotatable bonds is 8. The maximum atomic E-state index is 13.5. The number of amides is 2. The van der Waals surface area contributed by atoms with Crippen LogP contribution < -0.4 is 5.32 Å². The number of nitrogens with zero attached hydrogens (tertiary/aromatic N) is 3. The molecule has 2 aliphatic carbocycles. The maximum absolute atomic E-state index is 13.5.